The Morgan fingerprint density at radius 2 is 2.29 bits per heavy atom. The quantitative estimate of drug-likeness (QED) is 0.877. The minimum Gasteiger partial charge on any atom is -0.379 e. The number of anilines is 1. The van der Waals surface area contributed by atoms with Crippen molar-refractivity contribution < 1.29 is 4.39 Å². The maximum atomic E-state index is 13.3. The van der Waals surface area contributed by atoms with Gasteiger partial charge < -0.3 is 5.32 Å². The molecule has 1 aromatic carbocycles. The fourth-order valence-electron chi connectivity index (χ4n) is 1.48. The molecule has 5 heteroatoms. The average Bonchev–Trinajstić information content (AvgIpc) is 2.72. The topological polar surface area (TPSA) is 53.6 Å². The van der Waals surface area contributed by atoms with Crippen molar-refractivity contribution in [1.82, 2.24) is 9.78 Å². The number of hydrogen-bond acceptors (Lipinski definition) is 3. The Kier molecular flexibility index (Phi) is 3.06. The van der Waals surface area contributed by atoms with E-state index in [9.17, 15) is 4.39 Å². The van der Waals surface area contributed by atoms with Crippen molar-refractivity contribution >= 4 is 5.69 Å². The highest BCUT2D eigenvalue weighted by molar-refractivity contribution is 5.48. The highest BCUT2D eigenvalue weighted by Gasteiger charge is 2.03. The van der Waals surface area contributed by atoms with E-state index in [1.54, 1.807) is 23.0 Å². The summed E-state index contributed by atoms with van der Waals surface area (Å²) >= 11 is 0. The van der Waals surface area contributed by atoms with E-state index in [0.29, 0.717) is 12.2 Å². The minimum absolute atomic E-state index is 0.0519. The third-order valence-electron chi connectivity index (χ3n) is 2.49. The molecule has 0 spiro atoms. The molecular formula is C12H11FN4. The Bertz CT molecular complexity index is 568. The molecule has 1 heterocycles. The molecule has 86 valence electrons. The van der Waals surface area contributed by atoms with Crippen LogP contribution in [0.3, 0.4) is 0 Å². The van der Waals surface area contributed by atoms with Crippen LogP contribution >= 0.6 is 0 Å². The zero-order chi connectivity index (χ0) is 12.3. The van der Waals surface area contributed by atoms with Crippen LogP contribution in [0.25, 0.3) is 0 Å². The van der Waals surface area contributed by atoms with Gasteiger partial charge in [0.2, 0.25) is 0 Å². The molecule has 0 unspecified atom stereocenters. The van der Waals surface area contributed by atoms with Gasteiger partial charge >= 0.3 is 0 Å². The van der Waals surface area contributed by atoms with Crippen LogP contribution in [0.2, 0.25) is 0 Å². The van der Waals surface area contributed by atoms with Crippen molar-refractivity contribution in [2.45, 2.75) is 6.54 Å². The second kappa shape index (κ2) is 4.66. The standard InChI is InChI=1S/C12H11FN4/c1-17-11(4-5-16-17)8-15-10-3-2-9(7-14)12(13)6-10/h2-6,15H,8H2,1H3. The van der Waals surface area contributed by atoms with Gasteiger partial charge in [-0.05, 0) is 24.3 Å². The van der Waals surface area contributed by atoms with Gasteiger partial charge in [-0.25, -0.2) is 4.39 Å². The molecule has 0 amide bonds. The maximum Gasteiger partial charge on any atom is 0.143 e. The highest BCUT2D eigenvalue weighted by Crippen LogP contribution is 2.14. The lowest BCUT2D eigenvalue weighted by molar-refractivity contribution is 0.624. The van der Waals surface area contributed by atoms with E-state index in [1.807, 2.05) is 13.1 Å². The van der Waals surface area contributed by atoms with Crippen LogP contribution in [-0.4, -0.2) is 9.78 Å². The van der Waals surface area contributed by atoms with Gasteiger partial charge in [-0.2, -0.15) is 10.4 Å². The van der Waals surface area contributed by atoms with Crippen molar-refractivity contribution in [2.24, 2.45) is 7.05 Å². The molecule has 0 bridgehead atoms. The predicted molar refractivity (Wildman–Crippen MR) is 61.6 cm³/mol. The summed E-state index contributed by atoms with van der Waals surface area (Å²) in [6.07, 6.45) is 1.70. The third kappa shape index (κ3) is 2.42. The maximum absolute atomic E-state index is 13.3. The molecule has 2 aromatic rings. The molecular weight excluding hydrogens is 219 g/mol. The van der Waals surface area contributed by atoms with Gasteiger partial charge in [0.15, 0.2) is 0 Å². The molecule has 0 saturated heterocycles. The summed E-state index contributed by atoms with van der Waals surface area (Å²) in [7, 11) is 1.84. The van der Waals surface area contributed by atoms with Crippen LogP contribution in [-0.2, 0) is 13.6 Å². The number of nitrogens with one attached hydrogen (secondary N) is 1. The summed E-state index contributed by atoms with van der Waals surface area (Å²) < 4.78 is 15.1. The van der Waals surface area contributed by atoms with Crippen molar-refractivity contribution in [2.75, 3.05) is 5.32 Å². The van der Waals surface area contributed by atoms with E-state index in [1.165, 1.54) is 12.1 Å². The lowest BCUT2D eigenvalue weighted by atomic mass is 10.2. The summed E-state index contributed by atoms with van der Waals surface area (Å²) in [5.41, 5.74) is 1.69. The molecule has 0 fully saturated rings. The lowest BCUT2D eigenvalue weighted by Gasteiger charge is -2.07. The van der Waals surface area contributed by atoms with E-state index in [0.717, 1.165) is 5.69 Å². The van der Waals surface area contributed by atoms with Crippen molar-refractivity contribution in [3.05, 3.63) is 47.5 Å². The Morgan fingerprint density at radius 3 is 2.88 bits per heavy atom. The van der Waals surface area contributed by atoms with E-state index in [-0.39, 0.29) is 5.56 Å². The van der Waals surface area contributed by atoms with Crippen molar-refractivity contribution in [3.63, 3.8) is 0 Å². The van der Waals surface area contributed by atoms with Crippen molar-refractivity contribution in [1.29, 1.82) is 5.26 Å². The van der Waals surface area contributed by atoms with Crippen LogP contribution < -0.4 is 5.32 Å². The molecule has 0 aliphatic heterocycles. The second-order valence-corrected chi connectivity index (χ2v) is 3.61. The number of aryl methyl sites for hydroxylation is 1. The first-order valence-corrected chi connectivity index (χ1v) is 5.11. The Hall–Kier alpha value is -2.35. The fraction of sp³-hybridized carbons (Fsp3) is 0.167. The highest BCUT2D eigenvalue weighted by atomic mass is 19.1. The Labute approximate surface area is 98.3 Å². The molecule has 0 aliphatic carbocycles. The van der Waals surface area contributed by atoms with E-state index in [4.69, 9.17) is 5.26 Å². The molecule has 0 atom stereocenters. The van der Waals surface area contributed by atoms with Gasteiger partial charge in [0.25, 0.3) is 0 Å². The zero-order valence-corrected chi connectivity index (χ0v) is 9.31. The van der Waals surface area contributed by atoms with Gasteiger partial charge in [0, 0.05) is 18.9 Å². The molecule has 0 aliphatic rings. The Morgan fingerprint density at radius 1 is 1.47 bits per heavy atom. The predicted octanol–water partition coefficient (Wildman–Crippen LogP) is 2.04. The largest absolute Gasteiger partial charge is 0.379 e. The number of rotatable bonds is 3. The normalized spacial score (nSPS) is 9.94. The van der Waals surface area contributed by atoms with Crippen LogP contribution in [0, 0.1) is 17.1 Å². The number of aromatic nitrogens is 2. The minimum atomic E-state index is -0.512. The number of benzene rings is 1. The van der Waals surface area contributed by atoms with Gasteiger partial charge in [0.05, 0.1) is 17.8 Å². The Balaban J connectivity index is 2.08. The van der Waals surface area contributed by atoms with Crippen molar-refractivity contribution in [3.8, 4) is 6.07 Å². The smallest absolute Gasteiger partial charge is 0.143 e. The summed E-state index contributed by atoms with van der Waals surface area (Å²) in [5.74, 6) is -0.512. The van der Waals surface area contributed by atoms with Gasteiger partial charge in [-0.3, -0.25) is 4.68 Å². The summed E-state index contributed by atoms with van der Waals surface area (Å²) in [6.45, 7) is 0.557. The first-order chi connectivity index (χ1) is 8.20. The lowest BCUT2D eigenvalue weighted by Crippen LogP contribution is -2.05. The number of nitrogens with zero attached hydrogens (tertiary/aromatic N) is 3. The summed E-state index contributed by atoms with van der Waals surface area (Å²) in [5, 5.41) is 15.7. The first kappa shape index (κ1) is 11.1. The van der Waals surface area contributed by atoms with E-state index in [2.05, 4.69) is 10.4 Å². The van der Waals surface area contributed by atoms with Gasteiger partial charge in [-0.15, -0.1) is 0 Å². The zero-order valence-electron chi connectivity index (χ0n) is 9.31. The SMILES string of the molecule is Cn1nccc1CNc1ccc(C#N)c(F)c1. The molecule has 0 saturated carbocycles. The number of halogens is 1. The van der Waals surface area contributed by atoms with Crippen LogP contribution in [0.1, 0.15) is 11.3 Å². The molecule has 1 aromatic heterocycles. The molecule has 4 nitrogen and oxygen atoms in total. The second-order valence-electron chi connectivity index (χ2n) is 3.61. The first-order valence-electron chi connectivity index (χ1n) is 5.11. The third-order valence-corrected chi connectivity index (χ3v) is 2.49. The number of nitriles is 1. The molecule has 0 radical (unpaired) electrons. The fourth-order valence-corrected chi connectivity index (χ4v) is 1.48. The summed E-state index contributed by atoms with van der Waals surface area (Å²) in [4.78, 5) is 0. The molecule has 2 rings (SSSR count). The van der Waals surface area contributed by atoms with Gasteiger partial charge in [-0.1, -0.05) is 0 Å². The molecule has 1 N–H and O–H groups in total. The average molecular weight is 230 g/mol. The van der Waals surface area contributed by atoms with E-state index < -0.39 is 5.82 Å². The summed E-state index contributed by atoms with van der Waals surface area (Å²) in [6, 6.07) is 8.12. The van der Waals surface area contributed by atoms with Crippen LogP contribution in [0.4, 0.5) is 10.1 Å². The number of hydrogen-bond donors (Lipinski definition) is 1. The van der Waals surface area contributed by atoms with E-state index >= 15 is 0 Å². The van der Waals surface area contributed by atoms with Gasteiger partial charge in [0.1, 0.15) is 11.9 Å². The monoisotopic (exact) mass is 230 g/mol. The van der Waals surface area contributed by atoms with Crippen LogP contribution in [0.5, 0.6) is 0 Å². The van der Waals surface area contributed by atoms with Crippen LogP contribution in [0.15, 0.2) is 30.5 Å². The molecule has 17 heavy (non-hydrogen) atoms.